The number of piperazine rings is 1. The first-order valence-electron chi connectivity index (χ1n) is 3.22. The first-order chi connectivity index (χ1) is 5.00. The standard InChI is InChI=1S/C4H11N3O2S2/c5-11(8,9)7-3-1-6(10)2-4-7/h10H,1-4H2,(H2,5,8,9). The van der Waals surface area contributed by atoms with Gasteiger partial charge in [-0.3, -0.25) is 4.31 Å². The quantitative estimate of drug-likeness (QED) is 0.511. The van der Waals surface area contributed by atoms with Crippen molar-refractivity contribution in [2.45, 2.75) is 0 Å². The zero-order valence-electron chi connectivity index (χ0n) is 5.97. The predicted molar refractivity (Wildman–Crippen MR) is 45.2 cm³/mol. The Morgan fingerprint density at radius 3 is 2.00 bits per heavy atom. The van der Waals surface area contributed by atoms with E-state index < -0.39 is 10.2 Å². The fraction of sp³-hybridized carbons (Fsp3) is 1.00. The molecule has 0 bridgehead atoms. The molecule has 1 heterocycles. The summed E-state index contributed by atoms with van der Waals surface area (Å²) in [5.41, 5.74) is 0. The van der Waals surface area contributed by atoms with Crippen molar-refractivity contribution in [1.29, 1.82) is 0 Å². The average Bonchev–Trinajstić information content (AvgIpc) is 1.86. The van der Waals surface area contributed by atoms with Gasteiger partial charge in [0.05, 0.1) is 0 Å². The largest absolute Gasteiger partial charge is 0.276 e. The van der Waals surface area contributed by atoms with Crippen LogP contribution in [0.3, 0.4) is 0 Å². The van der Waals surface area contributed by atoms with Gasteiger partial charge in [0.2, 0.25) is 0 Å². The molecule has 1 aliphatic rings. The van der Waals surface area contributed by atoms with Crippen LogP contribution in [0, 0.1) is 0 Å². The van der Waals surface area contributed by atoms with E-state index in [-0.39, 0.29) is 0 Å². The van der Waals surface area contributed by atoms with E-state index >= 15 is 0 Å². The summed E-state index contributed by atoms with van der Waals surface area (Å²) in [6.45, 7) is 2.11. The van der Waals surface area contributed by atoms with Gasteiger partial charge in [-0.1, -0.05) is 12.8 Å². The van der Waals surface area contributed by atoms with Gasteiger partial charge in [0.15, 0.2) is 0 Å². The fourth-order valence-electron chi connectivity index (χ4n) is 0.932. The lowest BCUT2D eigenvalue weighted by molar-refractivity contribution is 0.291. The molecule has 7 heteroatoms. The number of nitrogens with zero attached hydrogens (tertiary/aromatic N) is 2. The molecule has 0 spiro atoms. The molecule has 2 N–H and O–H groups in total. The molecule has 0 aromatic rings. The van der Waals surface area contributed by atoms with Gasteiger partial charge in [0.25, 0.3) is 10.2 Å². The molecule has 0 aromatic heterocycles. The zero-order chi connectivity index (χ0) is 8.48. The molecule has 0 aromatic carbocycles. The van der Waals surface area contributed by atoms with E-state index in [0.29, 0.717) is 26.2 Å². The number of hydrogen-bond donors (Lipinski definition) is 2. The van der Waals surface area contributed by atoms with E-state index in [2.05, 4.69) is 12.8 Å². The molecule has 0 aliphatic carbocycles. The summed E-state index contributed by atoms with van der Waals surface area (Å²) in [4.78, 5) is 0. The molecular weight excluding hydrogens is 186 g/mol. The SMILES string of the molecule is NS(=O)(=O)N1CCN(S)CC1. The molecule has 0 saturated carbocycles. The first-order valence-corrected chi connectivity index (χ1v) is 5.12. The predicted octanol–water partition coefficient (Wildman–Crippen LogP) is -1.35. The Morgan fingerprint density at radius 2 is 1.64 bits per heavy atom. The van der Waals surface area contributed by atoms with Gasteiger partial charge in [-0.05, 0) is 0 Å². The van der Waals surface area contributed by atoms with E-state index in [0.717, 1.165) is 0 Å². The second kappa shape index (κ2) is 3.28. The Kier molecular flexibility index (Phi) is 2.76. The van der Waals surface area contributed by atoms with Crippen molar-refractivity contribution < 1.29 is 8.42 Å². The van der Waals surface area contributed by atoms with Crippen LogP contribution in [0.5, 0.6) is 0 Å². The van der Waals surface area contributed by atoms with Crippen LogP contribution < -0.4 is 5.14 Å². The molecule has 0 unspecified atom stereocenters. The van der Waals surface area contributed by atoms with Crippen molar-refractivity contribution >= 4 is 23.0 Å². The zero-order valence-corrected chi connectivity index (χ0v) is 7.68. The number of hydrogen-bond acceptors (Lipinski definition) is 4. The summed E-state index contributed by atoms with van der Waals surface area (Å²) in [5.74, 6) is 0. The summed E-state index contributed by atoms with van der Waals surface area (Å²) < 4.78 is 24.5. The third-order valence-electron chi connectivity index (χ3n) is 1.57. The molecule has 1 aliphatic heterocycles. The maximum atomic E-state index is 10.8. The number of nitrogens with two attached hydrogens (primary N) is 1. The maximum Gasteiger partial charge on any atom is 0.276 e. The highest BCUT2D eigenvalue weighted by Gasteiger charge is 2.21. The molecular formula is C4H11N3O2S2. The molecule has 5 nitrogen and oxygen atoms in total. The third kappa shape index (κ3) is 2.60. The maximum absolute atomic E-state index is 10.8. The summed E-state index contributed by atoms with van der Waals surface area (Å²) in [6, 6.07) is 0. The topological polar surface area (TPSA) is 66.6 Å². The molecule has 11 heavy (non-hydrogen) atoms. The molecule has 0 amide bonds. The molecule has 1 fully saturated rings. The van der Waals surface area contributed by atoms with Crippen molar-refractivity contribution in [2.75, 3.05) is 26.2 Å². The van der Waals surface area contributed by atoms with E-state index in [4.69, 9.17) is 5.14 Å². The van der Waals surface area contributed by atoms with Gasteiger partial charge in [0, 0.05) is 26.2 Å². The van der Waals surface area contributed by atoms with E-state index in [9.17, 15) is 8.42 Å². The highest BCUT2D eigenvalue weighted by Crippen LogP contribution is 2.04. The third-order valence-corrected chi connectivity index (χ3v) is 3.06. The van der Waals surface area contributed by atoms with E-state index in [1.165, 1.54) is 4.31 Å². The Morgan fingerprint density at radius 1 is 1.18 bits per heavy atom. The normalized spacial score (nSPS) is 23.8. The summed E-state index contributed by atoms with van der Waals surface area (Å²) in [5, 5.41) is 4.91. The fourth-order valence-corrected chi connectivity index (χ4v) is 1.78. The van der Waals surface area contributed by atoms with Crippen molar-refractivity contribution in [3.63, 3.8) is 0 Å². The molecule has 1 saturated heterocycles. The average molecular weight is 197 g/mol. The molecule has 0 atom stereocenters. The van der Waals surface area contributed by atoms with Crippen LogP contribution in [0.25, 0.3) is 0 Å². The van der Waals surface area contributed by atoms with Crippen molar-refractivity contribution in [1.82, 2.24) is 8.61 Å². The highest BCUT2D eigenvalue weighted by molar-refractivity contribution is 7.86. The van der Waals surface area contributed by atoms with Gasteiger partial charge in [-0.25, -0.2) is 5.14 Å². The van der Waals surface area contributed by atoms with Crippen LogP contribution in [0.1, 0.15) is 0 Å². The Bertz CT molecular complexity index is 219. The monoisotopic (exact) mass is 197 g/mol. The van der Waals surface area contributed by atoms with Crippen LogP contribution >= 0.6 is 12.8 Å². The lowest BCUT2D eigenvalue weighted by Gasteiger charge is -2.29. The van der Waals surface area contributed by atoms with Gasteiger partial charge in [-0.2, -0.15) is 12.7 Å². The van der Waals surface area contributed by atoms with Crippen molar-refractivity contribution in [3.05, 3.63) is 0 Å². The molecule has 0 radical (unpaired) electrons. The van der Waals surface area contributed by atoms with Crippen LogP contribution in [0.4, 0.5) is 0 Å². The smallest absolute Gasteiger partial charge is 0.251 e. The highest BCUT2D eigenvalue weighted by atomic mass is 32.2. The lowest BCUT2D eigenvalue weighted by atomic mass is 10.4. The van der Waals surface area contributed by atoms with Crippen molar-refractivity contribution in [2.24, 2.45) is 5.14 Å². The Balaban J connectivity index is 2.53. The van der Waals surface area contributed by atoms with Gasteiger partial charge in [0.1, 0.15) is 0 Å². The first kappa shape index (κ1) is 9.27. The van der Waals surface area contributed by atoms with Gasteiger partial charge >= 0.3 is 0 Å². The van der Waals surface area contributed by atoms with Crippen LogP contribution in [-0.2, 0) is 10.2 Å². The van der Waals surface area contributed by atoms with Crippen LogP contribution in [-0.4, -0.2) is 43.2 Å². The summed E-state index contributed by atoms with van der Waals surface area (Å²) in [6.07, 6.45) is 0. The van der Waals surface area contributed by atoms with Crippen LogP contribution in [0.15, 0.2) is 0 Å². The van der Waals surface area contributed by atoms with E-state index in [1.807, 2.05) is 0 Å². The Hall–Kier alpha value is 0.180. The summed E-state index contributed by atoms with van der Waals surface area (Å²) in [7, 11) is -3.48. The second-order valence-corrected chi connectivity index (χ2v) is 4.51. The lowest BCUT2D eigenvalue weighted by Crippen LogP contribution is -2.47. The van der Waals surface area contributed by atoms with E-state index in [1.54, 1.807) is 4.31 Å². The minimum absolute atomic E-state index is 0.433. The van der Waals surface area contributed by atoms with Gasteiger partial charge < -0.3 is 0 Å². The molecule has 66 valence electrons. The number of thiol groups is 1. The molecule has 1 rings (SSSR count). The number of rotatable bonds is 1. The Labute approximate surface area is 71.9 Å². The summed E-state index contributed by atoms with van der Waals surface area (Å²) >= 11 is 4.07. The second-order valence-electron chi connectivity index (χ2n) is 2.40. The minimum Gasteiger partial charge on any atom is -0.251 e. The van der Waals surface area contributed by atoms with Crippen LogP contribution in [0.2, 0.25) is 0 Å². The van der Waals surface area contributed by atoms with Gasteiger partial charge in [-0.15, -0.1) is 0 Å². The van der Waals surface area contributed by atoms with Crippen molar-refractivity contribution in [3.8, 4) is 0 Å². The minimum atomic E-state index is -3.48.